The molecule has 5 heteroatoms. The van der Waals surface area contributed by atoms with E-state index in [1.54, 1.807) is 0 Å². The maximum Gasteiger partial charge on any atom is 0.217 e. The molecule has 0 aromatic heterocycles. The maximum absolute atomic E-state index is 11.3. The molecule has 5 nitrogen and oxygen atoms in total. The van der Waals surface area contributed by atoms with Crippen LogP contribution in [-0.4, -0.2) is 31.1 Å². The van der Waals surface area contributed by atoms with Crippen molar-refractivity contribution in [1.29, 1.82) is 0 Å². The topological polar surface area (TPSA) is 93.2 Å². The Morgan fingerprint density at radius 1 is 1.06 bits per heavy atom. The van der Waals surface area contributed by atoms with Crippen molar-refractivity contribution in [1.82, 2.24) is 10.6 Å². The summed E-state index contributed by atoms with van der Waals surface area (Å²) in [6, 6.07) is 0.246. The van der Waals surface area contributed by atoms with Gasteiger partial charge in [0.05, 0.1) is 0 Å². The van der Waals surface area contributed by atoms with Crippen LogP contribution in [0, 0.1) is 0 Å². The van der Waals surface area contributed by atoms with Crippen LogP contribution in [0.4, 0.5) is 0 Å². The molecule has 0 rings (SSSR count). The van der Waals surface area contributed by atoms with Gasteiger partial charge < -0.3 is 22.1 Å². The molecular weight excluding hydrogens is 228 g/mol. The van der Waals surface area contributed by atoms with E-state index in [0.29, 0.717) is 13.1 Å². The Labute approximate surface area is 110 Å². The summed E-state index contributed by atoms with van der Waals surface area (Å²) in [5.41, 5.74) is 12.0. The van der Waals surface area contributed by atoms with Gasteiger partial charge in [0, 0.05) is 24.7 Å². The zero-order valence-corrected chi connectivity index (χ0v) is 11.7. The number of hydrogen-bond donors (Lipinski definition) is 4. The van der Waals surface area contributed by atoms with Gasteiger partial charge in [-0.1, -0.05) is 6.58 Å². The fraction of sp³-hybridized carbons (Fsp3) is 0.769. The summed E-state index contributed by atoms with van der Waals surface area (Å²) >= 11 is 0. The number of hydrogen-bond acceptors (Lipinski definition) is 4. The Kier molecular flexibility index (Phi) is 9.32. The highest BCUT2D eigenvalue weighted by atomic mass is 16.1. The molecule has 0 aliphatic heterocycles. The van der Waals surface area contributed by atoms with Crippen molar-refractivity contribution in [3.05, 3.63) is 12.3 Å². The molecule has 0 aliphatic carbocycles. The van der Waals surface area contributed by atoms with E-state index >= 15 is 0 Å². The minimum atomic E-state index is -0.0155. The molecule has 18 heavy (non-hydrogen) atoms. The predicted molar refractivity (Wildman–Crippen MR) is 75.9 cm³/mol. The van der Waals surface area contributed by atoms with Gasteiger partial charge >= 0.3 is 0 Å². The lowest BCUT2D eigenvalue weighted by Crippen LogP contribution is -2.49. The zero-order chi connectivity index (χ0) is 14.0. The third kappa shape index (κ3) is 8.08. The summed E-state index contributed by atoms with van der Waals surface area (Å²) in [5.74, 6) is -0.0155. The lowest BCUT2D eigenvalue weighted by Gasteiger charge is -2.29. The van der Waals surface area contributed by atoms with E-state index in [0.717, 1.165) is 31.4 Å². The van der Waals surface area contributed by atoms with E-state index in [1.165, 1.54) is 6.92 Å². The standard InChI is InChI=1S/C13H28N4O/c1-10(2)16-12(6-4-8-14)13(7-5-9-15)17-11(3)18/h12-13,16H,1,4-9,14-15H2,2-3H3,(H,17,18). The first-order chi connectivity index (χ1) is 8.51. The van der Waals surface area contributed by atoms with E-state index in [4.69, 9.17) is 11.5 Å². The first-order valence-corrected chi connectivity index (χ1v) is 6.60. The summed E-state index contributed by atoms with van der Waals surface area (Å²) in [6.45, 7) is 8.61. The number of rotatable bonds is 10. The van der Waals surface area contributed by atoms with Gasteiger partial charge in [0.1, 0.15) is 0 Å². The fourth-order valence-corrected chi connectivity index (χ4v) is 2.00. The summed E-state index contributed by atoms with van der Waals surface area (Å²) in [5, 5.41) is 6.31. The second kappa shape index (κ2) is 9.91. The van der Waals surface area contributed by atoms with Crippen LogP contribution < -0.4 is 22.1 Å². The second-order valence-electron chi connectivity index (χ2n) is 4.70. The lowest BCUT2D eigenvalue weighted by molar-refractivity contribution is -0.119. The Balaban J connectivity index is 4.57. The highest BCUT2D eigenvalue weighted by Crippen LogP contribution is 2.10. The first kappa shape index (κ1) is 16.9. The van der Waals surface area contributed by atoms with Gasteiger partial charge in [0.25, 0.3) is 0 Å². The number of nitrogens with two attached hydrogens (primary N) is 2. The van der Waals surface area contributed by atoms with Gasteiger partial charge in [0.15, 0.2) is 0 Å². The van der Waals surface area contributed by atoms with Gasteiger partial charge in [-0.15, -0.1) is 0 Å². The van der Waals surface area contributed by atoms with Crippen molar-refractivity contribution < 1.29 is 4.79 Å². The first-order valence-electron chi connectivity index (χ1n) is 6.60. The van der Waals surface area contributed by atoms with Crippen LogP contribution in [0.3, 0.4) is 0 Å². The largest absolute Gasteiger partial charge is 0.384 e. The average molecular weight is 256 g/mol. The minimum absolute atomic E-state index is 0.0155. The molecule has 0 aliphatic rings. The zero-order valence-electron chi connectivity index (χ0n) is 11.7. The maximum atomic E-state index is 11.3. The third-order valence-corrected chi connectivity index (χ3v) is 2.74. The van der Waals surface area contributed by atoms with Gasteiger partial charge in [-0.2, -0.15) is 0 Å². The van der Waals surface area contributed by atoms with E-state index < -0.39 is 0 Å². The molecule has 1 amide bonds. The van der Waals surface area contributed by atoms with Crippen LogP contribution >= 0.6 is 0 Å². The van der Waals surface area contributed by atoms with Gasteiger partial charge in [0.2, 0.25) is 5.91 Å². The number of nitrogens with one attached hydrogen (secondary N) is 2. The molecular formula is C13H28N4O. The summed E-state index contributed by atoms with van der Waals surface area (Å²) in [7, 11) is 0. The monoisotopic (exact) mass is 256 g/mol. The molecule has 0 spiro atoms. The molecule has 2 atom stereocenters. The number of amides is 1. The summed E-state index contributed by atoms with van der Waals surface area (Å²) in [6.07, 6.45) is 3.59. The van der Waals surface area contributed by atoms with Crippen LogP contribution in [-0.2, 0) is 4.79 Å². The number of allylic oxidation sites excluding steroid dienone is 1. The molecule has 0 aromatic rings. The summed E-state index contributed by atoms with van der Waals surface area (Å²) < 4.78 is 0. The third-order valence-electron chi connectivity index (χ3n) is 2.74. The molecule has 6 N–H and O–H groups in total. The van der Waals surface area contributed by atoms with Crippen LogP contribution in [0.25, 0.3) is 0 Å². The molecule has 0 saturated heterocycles. The highest BCUT2D eigenvalue weighted by Gasteiger charge is 2.21. The second-order valence-corrected chi connectivity index (χ2v) is 4.70. The van der Waals surface area contributed by atoms with E-state index in [1.807, 2.05) is 6.92 Å². The Morgan fingerprint density at radius 2 is 1.50 bits per heavy atom. The van der Waals surface area contributed by atoms with Crippen LogP contribution in [0.5, 0.6) is 0 Å². The molecule has 0 heterocycles. The molecule has 0 aromatic carbocycles. The Morgan fingerprint density at radius 3 is 1.83 bits per heavy atom. The Hall–Kier alpha value is -1.07. The molecule has 0 bridgehead atoms. The van der Waals surface area contributed by atoms with Crippen molar-refractivity contribution in [2.75, 3.05) is 13.1 Å². The highest BCUT2D eigenvalue weighted by molar-refractivity contribution is 5.73. The summed E-state index contributed by atoms with van der Waals surface area (Å²) in [4.78, 5) is 11.3. The van der Waals surface area contributed by atoms with Gasteiger partial charge in [-0.25, -0.2) is 0 Å². The van der Waals surface area contributed by atoms with Crippen molar-refractivity contribution in [2.45, 2.75) is 51.6 Å². The van der Waals surface area contributed by atoms with Crippen molar-refractivity contribution in [3.8, 4) is 0 Å². The molecule has 2 unspecified atom stereocenters. The molecule has 106 valence electrons. The van der Waals surface area contributed by atoms with Crippen molar-refractivity contribution >= 4 is 5.91 Å². The van der Waals surface area contributed by atoms with E-state index in [2.05, 4.69) is 17.2 Å². The SMILES string of the molecule is C=C(C)NC(CCCN)C(CCCN)NC(C)=O. The smallest absolute Gasteiger partial charge is 0.217 e. The van der Waals surface area contributed by atoms with Crippen LogP contribution in [0.15, 0.2) is 12.3 Å². The van der Waals surface area contributed by atoms with E-state index in [9.17, 15) is 4.79 Å². The van der Waals surface area contributed by atoms with E-state index in [-0.39, 0.29) is 18.0 Å². The van der Waals surface area contributed by atoms with Crippen molar-refractivity contribution in [3.63, 3.8) is 0 Å². The predicted octanol–water partition coefficient (Wildman–Crippen LogP) is 0.461. The molecule has 0 saturated carbocycles. The molecule has 0 radical (unpaired) electrons. The lowest BCUT2D eigenvalue weighted by atomic mass is 9.97. The van der Waals surface area contributed by atoms with Crippen molar-refractivity contribution in [2.24, 2.45) is 11.5 Å². The minimum Gasteiger partial charge on any atom is -0.384 e. The van der Waals surface area contributed by atoms with Crippen LogP contribution in [0.1, 0.15) is 39.5 Å². The average Bonchev–Trinajstić information content (AvgIpc) is 2.29. The number of carbonyl (C=O) groups excluding carboxylic acids is 1. The molecule has 0 fully saturated rings. The number of carbonyl (C=O) groups is 1. The quantitative estimate of drug-likeness (QED) is 0.457. The Bertz CT molecular complexity index is 229. The normalized spacial score (nSPS) is 13.8. The van der Waals surface area contributed by atoms with Gasteiger partial charge in [-0.05, 0) is 45.7 Å². The van der Waals surface area contributed by atoms with Crippen LogP contribution in [0.2, 0.25) is 0 Å². The van der Waals surface area contributed by atoms with Gasteiger partial charge in [-0.3, -0.25) is 4.79 Å². The fourth-order valence-electron chi connectivity index (χ4n) is 2.00.